The first kappa shape index (κ1) is 15.1. The molecule has 8 heteroatoms. The summed E-state index contributed by atoms with van der Waals surface area (Å²) in [5, 5.41) is 6.58. The van der Waals surface area contributed by atoms with Crippen molar-refractivity contribution < 1.29 is 14.1 Å². The minimum atomic E-state index is -0.0384. The van der Waals surface area contributed by atoms with Gasteiger partial charge < -0.3 is 14.2 Å². The molecule has 0 aliphatic carbocycles. The number of aromatic nitrogens is 3. The van der Waals surface area contributed by atoms with E-state index < -0.39 is 0 Å². The van der Waals surface area contributed by atoms with Gasteiger partial charge >= 0.3 is 0 Å². The third kappa shape index (κ3) is 3.17. The molecular weight excluding hydrogens is 304 g/mol. The normalized spacial score (nSPS) is 18.6. The molecule has 1 aliphatic rings. The molecule has 0 spiro atoms. The third-order valence-corrected chi connectivity index (χ3v) is 4.48. The predicted octanol–water partition coefficient (Wildman–Crippen LogP) is 2.00. The number of nitrogens with zero attached hydrogens (tertiary/aromatic N) is 4. The van der Waals surface area contributed by atoms with Crippen LogP contribution in [0.5, 0.6) is 0 Å². The predicted molar refractivity (Wildman–Crippen MR) is 79.7 cm³/mol. The Bertz CT molecular complexity index is 654. The van der Waals surface area contributed by atoms with Crippen LogP contribution in [0, 0.1) is 6.92 Å². The van der Waals surface area contributed by atoms with E-state index in [4.69, 9.17) is 9.26 Å². The highest BCUT2D eigenvalue weighted by Crippen LogP contribution is 2.26. The van der Waals surface area contributed by atoms with Crippen LogP contribution in [0.3, 0.4) is 0 Å². The Balaban J connectivity index is 1.69. The standard InChI is InChI=1S/C14H18N4O3S/c1-9-15-13(17-21-9)10-4-3-5-18(6-10)14(19)11-8-22-12(16-11)7-20-2/h8,10H,3-7H2,1-2H3/t10-/m0/s1. The quantitative estimate of drug-likeness (QED) is 0.856. The lowest BCUT2D eigenvalue weighted by Gasteiger charge is -2.30. The molecule has 22 heavy (non-hydrogen) atoms. The number of likely N-dealkylation sites (tertiary alicyclic amines) is 1. The maximum atomic E-state index is 12.6. The van der Waals surface area contributed by atoms with Crippen LogP contribution in [-0.2, 0) is 11.3 Å². The molecule has 1 aliphatic heterocycles. The number of hydrogen-bond acceptors (Lipinski definition) is 7. The van der Waals surface area contributed by atoms with Gasteiger partial charge in [-0.15, -0.1) is 11.3 Å². The molecule has 1 fully saturated rings. The lowest BCUT2D eigenvalue weighted by Crippen LogP contribution is -2.39. The summed E-state index contributed by atoms with van der Waals surface area (Å²) >= 11 is 1.44. The van der Waals surface area contributed by atoms with Crippen LogP contribution in [0.15, 0.2) is 9.90 Å². The van der Waals surface area contributed by atoms with Crippen molar-refractivity contribution in [2.24, 2.45) is 0 Å². The Morgan fingerprint density at radius 1 is 1.55 bits per heavy atom. The highest BCUT2D eigenvalue weighted by molar-refractivity contribution is 7.09. The molecule has 0 unspecified atom stereocenters. The second kappa shape index (κ2) is 6.53. The highest BCUT2D eigenvalue weighted by atomic mass is 32.1. The SMILES string of the molecule is COCc1nc(C(=O)N2CCC[C@H](c3noc(C)n3)C2)cs1. The van der Waals surface area contributed by atoms with Crippen molar-refractivity contribution in [3.8, 4) is 0 Å². The number of carbonyl (C=O) groups is 1. The van der Waals surface area contributed by atoms with Gasteiger partial charge in [0.05, 0.1) is 6.61 Å². The number of ether oxygens (including phenoxy) is 1. The molecule has 2 aromatic heterocycles. The van der Waals surface area contributed by atoms with E-state index in [-0.39, 0.29) is 11.8 Å². The largest absolute Gasteiger partial charge is 0.378 e. The molecule has 3 heterocycles. The zero-order valence-electron chi connectivity index (χ0n) is 12.6. The molecule has 1 amide bonds. The smallest absolute Gasteiger partial charge is 0.273 e. The molecule has 3 rings (SSSR count). The van der Waals surface area contributed by atoms with Crippen LogP contribution in [0.4, 0.5) is 0 Å². The lowest BCUT2D eigenvalue weighted by atomic mass is 9.97. The molecular formula is C14H18N4O3S. The maximum absolute atomic E-state index is 12.6. The van der Waals surface area contributed by atoms with E-state index >= 15 is 0 Å². The summed E-state index contributed by atoms with van der Waals surface area (Å²) in [6.07, 6.45) is 1.90. The van der Waals surface area contributed by atoms with E-state index in [1.807, 2.05) is 4.90 Å². The fourth-order valence-corrected chi connectivity index (χ4v) is 3.35. The Labute approximate surface area is 132 Å². The number of methoxy groups -OCH3 is 1. The molecule has 7 nitrogen and oxygen atoms in total. The maximum Gasteiger partial charge on any atom is 0.273 e. The van der Waals surface area contributed by atoms with Gasteiger partial charge in [-0.25, -0.2) is 4.98 Å². The van der Waals surface area contributed by atoms with Gasteiger partial charge in [-0.05, 0) is 12.8 Å². The van der Waals surface area contributed by atoms with E-state index in [0.29, 0.717) is 30.6 Å². The van der Waals surface area contributed by atoms with Crippen LogP contribution >= 0.6 is 11.3 Å². The number of rotatable bonds is 4. The second-order valence-electron chi connectivity index (χ2n) is 5.32. The van der Waals surface area contributed by atoms with Crippen LogP contribution < -0.4 is 0 Å². The van der Waals surface area contributed by atoms with Crippen molar-refractivity contribution in [3.05, 3.63) is 27.8 Å². The third-order valence-electron chi connectivity index (χ3n) is 3.66. The first-order valence-corrected chi connectivity index (χ1v) is 8.08. The summed E-state index contributed by atoms with van der Waals surface area (Å²) < 4.78 is 10.1. The van der Waals surface area contributed by atoms with Gasteiger partial charge in [-0.3, -0.25) is 4.79 Å². The van der Waals surface area contributed by atoms with Crippen LogP contribution in [0.2, 0.25) is 0 Å². The zero-order valence-corrected chi connectivity index (χ0v) is 13.4. The van der Waals surface area contributed by atoms with E-state index in [1.54, 1.807) is 19.4 Å². The Morgan fingerprint density at radius 2 is 2.41 bits per heavy atom. The van der Waals surface area contributed by atoms with Gasteiger partial charge in [0.2, 0.25) is 5.89 Å². The van der Waals surface area contributed by atoms with E-state index in [9.17, 15) is 4.79 Å². The number of aryl methyl sites for hydroxylation is 1. The molecule has 2 aromatic rings. The summed E-state index contributed by atoms with van der Waals surface area (Å²) in [7, 11) is 1.62. The molecule has 0 radical (unpaired) electrons. The number of thiazole rings is 1. The van der Waals surface area contributed by atoms with Crippen molar-refractivity contribution in [1.82, 2.24) is 20.0 Å². The van der Waals surface area contributed by atoms with Gasteiger partial charge in [0, 0.05) is 38.4 Å². The van der Waals surface area contributed by atoms with Crippen LogP contribution in [0.25, 0.3) is 0 Å². The Morgan fingerprint density at radius 3 is 3.14 bits per heavy atom. The van der Waals surface area contributed by atoms with Crippen LogP contribution in [-0.4, -0.2) is 46.1 Å². The van der Waals surface area contributed by atoms with Crippen molar-refractivity contribution in [1.29, 1.82) is 0 Å². The molecule has 0 bridgehead atoms. The summed E-state index contributed by atoms with van der Waals surface area (Å²) in [5.41, 5.74) is 0.488. The fraction of sp³-hybridized carbons (Fsp3) is 0.571. The summed E-state index contributed by atoms with van der Waals surface area (Å²) in [4.78, 5) is 23.0. The first-order valence-electron chi connectivity index (χ1n) is 7.20. The lowest BCUT2D eigenvalue weighted by molar-refractivity contribution is 0.0698. The number of piperidine rings is 1. The van der Waals surface area contributed by atoms with Gasteiger partial charge in [0.25, 0.3) is 5.91 Å². The number of carbonyl (C=O) groups excluding carboxylic acids is 1. The molecule has 0 N–H and O–H groups in total. The monoisotopic (exact) mass is 322 g/mol. The topological polar surface area (TPSA) is 81.4 Å². The second-order valence-corrected chi connectivity index (χ2v) is 6.26. The van der Waals surface area contributed by atoms with E-state index in [2.05, 4.69) is 15.1 Å². The summed E-state index contributed by atoms with van der Waals surface area (Å²) in [5.74, 6) is 1.34. The van der Waals surface area contributed by atoms with Crippen molar-refractivity contribution in [2.45, 2.75) is 32.3 Å². The Kier molecular flexibility index (Phi) is 4.49. The minimum Gasteiger partial charge on any atom is -0.378 e. The van der Waals surface area contributed by atoms with E-state index in [0.717, 1.165) is 24.4 Å². The summed E-state index contributed by atoms with van der Waals surface area (Å²) in [6.45, 7) is 3.55. The molecule has 1 saturated heterocycles. The number of hydrogen-bond donors (Lipinski definition) is 0. The average Bonchev–Trinajstić information content (AvgIpc) is 3.16. The van der Waals surface area contributed by atoms with Crippen molar-refractivity contribution in [2.75, 3.05) is 20.2 Å². The molecule has 0 aromatic carbocycles. The summed E-state index contributed by atoms with van der Waals surface area (Å²) in [6, 6.07) is 0. The highest BCUT2D eigenvalue weighted by Gasteiger charge is 2.29. The van der Waals surface area contributed by atoms with Crippen LogP contribution in [0.1, 0.15) is 46.0 Å². The first-order chi connectivity index (χ1) is 10.7. The van der Waals surface area contributed by atoms with Crippen molar-refractivity contribution in [3.63, 3.8) is 0 Å². The van der Waals surface area contributed by atoms with Crippen molar-refractivity contribution >= 4 is 17.2 Å². The number of amides is 1. The zero-order chi connectivity index (χ0) is 15.5. The molecule has 0 saturated carbocycles. The van der Waals surface area contributed by atoms with Gasteiger partial charge in [-0.2, -0.15) is 4.98 Å². The average molecular weight is 322 g/mol. The van der Waals surface area contributed by atoms with Gasteiger partial charge in [0.1, 0.15) is 10.7 Å². The van der Waals surface area contributed by atoms with E-state index in [1.165, 1.54) is 11.3 Å². The fourth-order valence-electron chi connectivity index (χ4n) is 2.61. The molecule has 1 atom stereocenters. The van der Waals surface area contributed by atoms with Gasteiger partial charge in [0.15, 0.2) is 5.82 Å². The van der Waals surface area contributed by atoms with Gasteiger partial charge in [-0.1, -0.05) is 5.16 Å². The Hall–Kier alpha value is -1.80. The minimum absolute atomic E-state index is 0.0384. The molecule has 118 valence electrons.